The average Bonchev–Trinajstić information content (AvgIpc) is 2.82. The molecule has 0 spiro atoms. The number of furan rings is 1. The molecular weight excluding hydrogens is 292 g/mol. The fourth-order valence-electron chi connectivity index (χ4n) is 2.28. The van der Waals surface area contributed by atoms with Gasteiger partial charge in [0, 0.05) is 25.2 Å². The van der Waals surface area contributed by atoms with E-state index in [1.165, 1.54) is 16.6 Å². The molecule has 2 rings (SSSR count). The molecule has 1 aliphatic heterocycles. The first kappa shape index (κ1) is 15.8. The minimum absolute atomic E-state index is 0.0125. The Morgan fingerprint density at radius 1 is 1.38 bits per heavy atom. The normalized spacial score (nSPS) is 18.2. The van der Waals surface area contributed by atoms with Gasteiger partial charge in [-0.3, -0.25) is 4.79 Å². The molecule has 1 N–H and O–H groups in total. The summed E-state index contributed by atoms with van der Waals surface area (Å²) < 4.78 is 29.6. The van der Waals surface area contributed by atoms with Crippen LogP contribution in [0.4, 0.5) is 0 Å². The third-order valence-corrected chi connectivity index (χ3v) is 4.73. The first-order valence-electron chi connectivity index (χ1n) is 6.85. The Morgan fingerprint density at radius 3 is 2.57 bits per heavy atom. The van der Waals surface area contributed by atoms with E-state index in [4.69, 9.17) is 4.42 Å². The smallest absolute Gasteiger partial charge is 0.244 e. The molecule has 21 heavy (non-hydrogen) atoms. The van der Waals surface area contributed by atoms with Crippen molar-refractivity contribution in [3.8, 4) is 0 Å². The molecule has 0 bridgehead atoms. The van der Waals surface area contributed by atoms with Crippen LogP contribution in [0.3, 0.4) is 0 Å². The largest absolute Gasteiger partial charge is 0.462 e. The molecule has 1 saturated heterocycles. The summed E-state index contributed by atoms with van der Waals surface area (Å²) in [4.78, 5) is 11.8. The molecule has 0 aliphatic carbocycles. The fraction of sp³-hybridized carbons (Fsp3) is 0.500. The van der Waals surface area contributed by atoms with Gasteiger partial charge in [-0.05, 0) is 38.0 Å². The lowest BCUT2D eigenvalue weighted by Gasteiger charge is -2.30. The minimum Gasteiger partial charge on any atom is -0.462 e. The standard InChI is InChI=1S/C14H20N2O4S/c1-11-3-4-13(20-11)5-6-14(17)15-12-7-9-16(10-8-12)21(2,18)19/h3-6,12H,7-10H2,1-2H3,(H,15,17). The van der Waals surface area contributed by atoms with E-state index in [0.717, 1.165) is 5.76 Å². The van der Waals surface area contributed by atoms with Crippen LogP contribution in [-0.2, 0) is 14.8 Å². The number of nitrogens with zero attached hydrogens (tertiary/aromatic N) is 1. The third-order valence-electron chi connectivity index (χ3n) is 3.43. The van der Waals surface area contributed by atoms with E-state index in [9.17, 15) is 13.2 Å². The first-order chi connectivity index (χ1) is 9.84. The van der Waals surface area contributed by atoms with Crippen LogP contribution in [0.1, 0.15) is 24.4 Å². The fourth-order valence-corrected chi connectivity index (χ4v) is 3.16. The summed E-state index contributed by atoms with van der Waals surface area (Å²) >= 11 is 0. The summed E-state index contributed by atoms with van der Waals surface area (Å²) in [5.74, 6) is 1.24. The lowest BCUT2D eigenvalue weighted by atomic mass is 10.1. The molecule has 116 valence electrons. The number of hydrogen-bond acceptors (Lipinski definition) is 4. The molecule has 1 aliphatic rings. The highest BCUT2D eigenvalue weighted by Gasteiger charge is 2.25. The number of carbonyl (C=O) groups is 1. The van der Waals surface area contributed by atoms with Gasteiger partial charge >= 0.3 is 0 Å². The van der Waals surface area contributed by atoms with Crippen LogP contribution in [0.5, 0.6) is 0 Å². The van der Waals surface area contributed by atoms with Crippen LogP contribution < -0.4 is 5.32 Å². The molecule has 2 heterocycles. The molecular formula is C14H20N2O4S. The highest BCUT2D eigenvalue weighted by molar-refractivity contribution is 7.88. The second-order valence-electron chi connectivity index (χ2n) is 5.23. The number of nitrogens with one attached hydrogen (secondary N) is 1. The van der Waals surface area contributed by atoms with Gasteiger partial charge in [-0.2, -0.15) is 0 Å². The molecule has 0 radical (unpaired) electrons. The van der Waals surface area contributed by atoms with Gasteiger partial charge in [-0.25, -0.2) is 12.7 Å². The van der Waals surface area contributed by atoms with Gasteiger partial charge in [0.15, 0.2) is 0 Å². The molecule has 7 heteroatoms. The maximum atomic E-state index is 11.8. The highest BCUT2D eigenvalue weighted by Crippen LogP contribution is 2.13. The van der Waals surface area contributed by atoms with Crippen molar-refractivity contribution < 1.29 is 17.6 Å². The summed E-state index contributed by atoms with van der Waals surface area (Å²) in [7, 11) is -3.13. The first-order valence-corrected chi connectivity index (χ1v) is 8.69. The van der Waals surface area contributed by atoms with E-state index >= 15 is 0 Å². The van der Waals surface area contributed by atoms with Gasteiger partial charge in [0.25, 0.3) is 0 Å². The van der Waals surface area contributed by atoms with Crippen molar-refractivity contribution in [2.24, 2.45) is 0 Å². The average molecular weight is 312 g/mol. The van der Waals surface area contributed by atoms with Crippen molar-refractivity contribution in [3.05, 3.63) is 29.7 Å². The maximum Gasteiger partial charge on any atom is 0.244 e. The summed E-state index contributed by atoms with van der Waals surface area (Å²) in [6.45, 7) is 2.74. The zero-order valence-corrected chi connectivity index (χ0v) is 13.0. The second-order valence-corrected chi connectivity index (χ2v) is 7.21. The zero-order valence-electron chi connectivity index (χ0n) is 12.2. The minimum atomic E-state index is -3.13. The number of amides is 1. The summed E-state index contributed by atoms with van der Waals surface area (Å²) in [5, 5.41) is 2.88. The van der Waals surface area contributed by atoms with Crippen molar-refractivity contribution in [3.63, 3.8) is 0 Å². The summed E-state index contributed by atoms with van der Waals surface area (Å²) in [6, 6.07) is 3.64. The van der Waals surface area contributed by atoms with Crippen LogP contribution in [0.15, 0.2) is 22.6 Å². The van der Waals surface area contributed by atoms with Crippen LogP contribution in [0.25, 0.3) is 6.08 Å². The molecule has 0 atom stereocenters. The molecule has 1 aromatic heterocycles. The van der Waals surface area contributed by atoms with Crippen LogP contribution in [-0.4, -0.2) is 44.0 Å². The van der Waals surface area contributed by atoms with E-state index in [-0.39, 0.29) is 11.9 Å². The SMILES string of the molecule is Cc1ccc(C=CC(=O)NC2CCN(S(C)(=O)=O)CC2)o1. The number of hydrogen-bond donors (Lipinski definition) is 1. The predicted molar refractivity (Wildman–Crippen MR) is 80.1 cm³/mol. The number of carbonyl (C=O) groups excluding carboxylic acids is 1. The molecule has 6 nitrogen and oxygen atoms in total. The van der Waals surface area contributed by atoms with E-state index in [1.807, 2.05) is 13.0 Å². The Balaban J connectivity index is 1.81. The highest BCUT2D eigenvalue weighted by atomic mass is 32.2. The number of piperidine rings is 1. The van der Waals surface area contributed by atoms with Crippen molar-refractivity contribution in [2.75, 3.05) is 19.3 Å². The van der Waals surface area contributed by atoms with E-state index in [0.29, 0.717) is 31.7 Å². The van der Waals surface area contributed by atoms with Gasteiger partial charge in [0.2, 0.25) is 15.9 Å². The topological polar surface area (TPSA) is 79.6 Å². The Kier molecular flexibility index (Phi) is 4.84. The zero-order chi connectivity index (χ0) is 15.5. The molecule has 0 saturated carbocycles. The van der Waals surface area contributed by atoms with Gasteiger partial charge in [-0.1, -0.05) is 0 Å². The van der Waals surface area contributed by atoms with Gasteiger partial charge in [0.1, 0.15) is 11.5 Å². The van der Waals surface area contributed by atoms with Crippen molar-refractivity contribution in [2.45, 2.75) is 25.8 Å². The van der Waals surface area contributed by atoms with Crippen LogP contribution in [0.2, 0.25) is 0 Å². The van der Waals surface area contributed by atoms with E-state index in [1.54, 1.807) is 12.1 Å². The number of sulfonamides is 1. The predicted octanol–water partition coefficient (Wildman–Crippen LogP) is 1.14. The van der Waals surface area contributed by atoms with Crippen molar-refractivity contribution in [1.82, 2.24) is 9.62 Å². The third kappa shape index (κ3) is 4.71. The van der Waals surface area contributed by atoms with Crippen LogP contribution in [0, 0.1) is 6.92 Å². The molecule has 1 fully saturated rings. The molecule has 1 aromatic rings. The summed E-state index contributed by atoms with van der Waals surface area (Å²) in [5.41, 5.74) is 0. The summed E-state index contributed by atoms with van der Waals surface area (Å²) in [6.07, 6.45) is 5.52. The lowest BCUT2D eigenvalue weighted by Crippen LogP contribution is -2.45. The Hall–Kier alpha value is -1.60. The Labute approximate surface area is 124 Å². The monoisotopic (exact) mass is 312 g/mol. The quantitative estimate of drug-likeness (QED) is 0.846. The van der Waals surface area contributed by atoms with Gasteiger partial charge in [0.05, 0.1) is 6.26 Å². The van der Waals surface area contributed by atoms with Gasteiger partial charge < -0.3 is 9.73 Å². The molecule has 1 amide bonds. The molecule has 0 aromatic carbocycles. The van der Waals surface area contributed by atoms with E-state index in [2.05, 4.69) is 5.32 Å². The molecule has 0 unspecified atom stereocenters. The Bertz CT molecular complexity index is 625. The van der Waals surface area contributed by atoms with E-state index < -0.39 is 10.0 Å². The Morgan fingerprint density at radius 2 is 2.05 bits per heavy atom. The lowest BCUT2D eigenvalue weighted by molar-refractivity contribution is -0.117. The number of rotatable bonds is 4. The van der Waals surface area contributed by atoms with Crippen molar-refractivity contribution in [1.29, 1.82) is 0 Å². The second kappa shape index (κ2) is 6.44. The van der Waals surface area contributed by atoms with Gasteiger partial charge in [-0.15, -0.1) is 0 Å². The van der Waals surface area contributed by atoms with Crippen molar-refractivity contribution >= 4 is 22.0 Å². The van der Waals surface area contributed by atoms with Crippen LogP contribution >= 0.6 is 0 Å². The maximum absolute atomic E-state index is 11.8. The number of aryl methyl sites for hydroxylation is 1.